The number of nitrogens with zero attached hydrogens (tertiary/aromatic N) is 2. The second-order valence-electron chi connectivity index (χ2n) is 4.11. The van der Waals surface area contributed by atoms with E-state index in [1.54, 1.807) is 12.4 Å². The maximum absolute atomic E-state index is 12.1. The summed E-state index contributed by atoms with van der Waals surface area (Å²) < 4.78 is 0. The molecule has 7 heteroatoms. The first kappa shape index (κ1) is 14.1. The van der Waals surface area contributed by atoms with Gasteiger partial charge in [0.1, 0.15) is 0 Å². The Morgan fingerprint density at radius 1 is 1.40 bits per heavy atom. The van der Waals surface area contributed by atoms with Gasteiger partial charge in [0.05, 0.1) is 15.8 Å². The van der Waals surface area contributed by atoms with E-state index in [0.717, 1.165) is 23.3 Å². The number of aromatic nitrogens is 1. The number of carbonyl (C=O) groups is 1. The second-order valence-corrected chi connectivity index (χ2v) is 5.17. The molecule has 1 amide bonds. The van der Waals surface area contributed by atoms with Crippen LogP contribution in [0.5, 0.6) is 0 Å². The van der Waals surface area contributed by atoms with Crippen molar-refractivity contribution >= 4 is 22.2 Å². The van der Waals surface area contributed by atoms with Crippen LogP contribution < -0.4 is 5.32 Å². The Hall–Kier alpha value is -2.28. The SMILES string of the molecule is CC[C@H](NC(=O)c1ccc([N+](=O)[O-])s1)c1ccncc1. The first-order chi connectivity index (χ1) is 9.61. The fourth-order valence-electron chi connectivity index (χ4n) is 1.79. The first-order valence-electron chi connectivity index (χ1n) is 6.06. The average molecular weight is 291 g/mol. The highest BCUT2D eigenvalue weighted by Crippen LogP contribution is 2.25. The maximum Gasteiger partial charge on any atom is 0.324 e. The zero-order valence-corrected chi connectivity index (χ0v) is 11.6. The fourth-order valence-corrected chi connectivity index (χ4v) is 2.52. The quantitative estimate of drug-likeness (QED) is 0.678. The van der Waals surface area contributed by atoms with Gasteiger partial charge in [0.25, 0.3) is 5.91 Å². The summed E-state index contributed by atoms with van der Waals surface area (Å²) in [5.41, 5.74) is 0.960. The van der Waals surface area contributed by atoms with E-state index in [1.165, 1.54) is 12.1 Å². The molecule has 0 aliphatic heterocycles. The summed E-state index contributed by atoms with van der Waals surface area (Å²) in [6, 6.07) is 6.35. The van der Waals surface area contributed by atoms with Crippen LogP contribution in [-0.4, -0.2) is 15.8 Å². The Bertz CT molecular complexity index is 612. The van der Waals surface area contributed by atoms with Crippen LogP contribution in [0, 0.1) is 10.1 Å². The normalized spacial score (nSPS) is 11.8. The van der Waals surface area contributed by atoms with E-state index in [2.05, 4.69) is 10.3 Å². The van der Waals surface area contributed by atoms with Crippen LogP contribution in [0.15, 0.2) is 36.7 Å². The molecule has 0 saturated carbocycles. The summed E-state index contributed by atoms with van der Waals surface area (Å²) >= 11 is 0.873. The lowest BCUT2D eigenvalue weighted by Crippen LogP contribution is -2.27. The number of thiophene rings is 1. The van der Waals surface area contributed by atoms with Crippen LogP contribution in [0.4, 0.5) is 5.00 Å². The highest BCUT2D eigenvalue weighted by molar-refractivity contribution is 7.17. The predicted octanol–water partition coefficient (Wildman–Crippen LogP) is 2.93. The Labute approximate surface area is 119 Å². The summed E-state index contributed by atoms with van der Waals surface area (Å²) in [5.74, 6) is -0.299. The lowest BCUT2D eigenvalue weighted by atomic mass is 10.1. The topological polar surface area (TPSA) is 85.1 Å². The zero-order valence-electron chi connectivity index (χ0n) is 10.8. The molecule has 0 radical (unpaired) electrons. The molecule has 0 spiro atoms. The molecule has 0 fully saturated rings. The van der Waals surface area contributed by atoms with Gasteiger partial charge in [-0.3, -0.25) is 19.9 Å². The number of amides is 1. The van der Waals surface area contributed by atoms with E-state index in [4.69, 9.17) is 0 Å². The van der Waals surface area contributed by atoms with Gasteiger partial charge in [0.2, 0.25) is 0 Å². The van der Waals surface area contributed by atoms with E-state index in [0.29, 0.717) is 4.88 Å². The summed E-state index contributed by atoms with van der Waals surface area (Å²) in [6.45, 7) is 1.96. The molecule has 0 unspecified atom stereocenters. The van der Waals surface area contributed by atoms with Gasteiger partial charge in [0.15, 0.2) is 0 Å². The zero-order chi connectivity index (χ0) is 14.5. The van der Waals surface area contributed by atoms with Crippen molar-refractivity contribution in [3.05, 3.63) is 57.2 Å². The van der Waals surface area contributed by atoms with E-state index >= 15 is 0 Å². The molecular formula is C13H13N3O3S. The van der Waals surface area contributed by atoms with E-state index in [1.807, 2.05) is 19.1 Å². The number of nitrogens with one attached hydrogen (secondary N) is 1. The monoisotopic (exact) mass is 291 g/mol. The smallest absolute Gasteiger partial charge is 0.324 e. The third kappa shape index (κ3) is 3.18. The number of hydrogen-bond donors (Lipinski definition) is 1. The number of pyridine rings is 1. The molecule has 2 rings (SSSR count). The van der Waals surface area contributed by atoms with Crippen molar-refractivity contribution in [1.29, 1.82) is 0 Å². The van der Waals surface area contributed by atoms with Crippen molar-refractivity contribution in [2.24, 2.45) is 0 Å². The average Bonchev–Trinajstić information content (AvgIpc) is 2.95. The lowest BCUT2D eigenvalue weighted by molar-refractivity contribution is -0.380. The van der Waals surface area contributed by atoms with Gasteiger partial charge in [-0.05, 0) is 30.2 Å². The number of nitro groups is 1. The van der Waals surface area contributed by atoms with E-state index in [9.17, 15) is 14.9 Å². The van der Waals surface area contributed by atoms with Gasteiger partial charge in [-0.1, -0.05) is 18.3 Å². The molecule has 0 aliphatic carbocycles. The molecule has 1 N–H and O–H groups in total. The Kier molecular flexibility index (Phi) is 4.41. The van der Waals surface area contributed by atoms with Crippen LogP contribution >= 0.6 is 11.3 Å². The molecule has 0 aromatic carbocycles. The third-order valence-corrected chi connectivity index (χ3v) is 3.85. The van der Waals surface area contributed by atoms with E-state index < -0.39 is 4.92 Å². The molecule has 6 nitrogen and oxygen atoms in total. The molecule has 0 saturated heterocycles. The van der Waals surface area contributed by atoms with E-state index in [-0.39, 0.29) is 17.0 Å². The van der Waals surface area contributed by atoms with Crippen molar-refractivity contribution < 1.29 is 9.72 Å². The highest BCUT2D eigenvalue weighted by atomic mass is 32.1. The van der Waals surface area contributed by atoms with Crippen LogP contribution in [0.25, 0.3) is 0 Å². The minimum absolute atomic E-state index is 0.0351. The first-order valence-corrected chi connectivity index (χ1v) is 6.88. The van der Waals surface area contributed by atoms with Gasteiger partial charge < -0.3 is 5.32 Å². The highest BCUT2D eigenvalue weighted by Gasteiger charge is 2.18. The fraction of sp³-hybridized carbons (Fsp3) is 0.231. The summed E-state index contributed by atoms with van der Waals surface area (Å²) in [6.07, 6.45) is 4.06. The van der Waals surface area contributed by atoms with Crippen molar-refractivity contribution in [2.45, 2.75) is 19.4 Å². The number of rotatable bonds is 5. The van der Waals surface area contributed by atoms with Crippen LogP contribution in [0.3, 0.4) is 0 Å². The molecule has 0 bridgehead atoms. The van der Waals surface area contributed by atoms with Crippen molar-refractivity contribution in [1.82, 2.24) is 10.3 Å². The molecule has 2 heterocycles. The second kappa shape index (κ2) is 6.25. The van der Waals surface area contributed by atoms with Crippen LogP contribution in [0.2, 0.25) is 0 Å². The molecular weight excluding hydrogens is 278 g/mol. The Morgan fingerprint density at radius 2 is 2.10 bits per heavy atom. The summed E-state index contributed by atoms with van der Waals surface area (Å²) in [7, 11) is 0. The Morgan fingerprint density at radius 3 is 2.65 bits per heavy atom. The van der Waals surface area contributed by atoms with Crippen LogP contribution in [-0.2, 0) is 0 Å². The molecule has 104 valence electrons. The predicted molar refractivity (Wildman–Crippen MR) is 75.7 cm³/mol. The van der Waals surface area contributed by atoms with Gasteiger partial charge >= 0.3 is 5.00 Å². The van der Waals surface area contributed by atoms with Crippen molar-refractivity contribution in [3.63, 3.8) is 0 Å². The molecule has 0 aliphatic rings. The number of carbonyl (C=O) groups excluding carboxylic acids is 1. The maximum atomic E-state index is 12.1. The third-order valence-electron chi connectivity index (χ3n) is 2.82. The molecule has 1 atom stereocenters. The standard InChI is InChI=1S/C13H13N3O3S/c1-2-10(9-5-7-14-8-6-9)15-13(17)11-3-4-12(20-11)16(18)19/h3-8,10H,2H2,1H3,(H,15,17)/t10-/m0/s1. The van der Waals surface area contributed by atoms with Crippen molar-refractivity contribution in [2.75, 3.05) is 0 Å². The number of hydrogen-bond acceptors (Lipinski definition) is 5. The minimum Gasteiger partial charge on any atom is -0.345 e. The van der Waals surface area contributed by atoms with Crippen molar-refractivity contribution in [3.8, 4) is 0 Å². The van der Waals surface area contributed by atoms with Gasteiger partial charge in [-0.2, -0.15) is 0 Å². The molecule has 20 heavy (non-hydrogen) atoms. The minimum atomic E-state index is -0.498. The summed E-state index contributed by atoms with van der Waals surface area (Å²) in [5, 5.41) is 13.5. The van der Waals surface area contributed by atoms with Gasteiger partial charge in [-0.25, -0.2) is 0 Å². The summed E-state index contributed by atoms with van der Waals surface area (Å²) in [4.78, 5) is 26.5. The van der Waals surface area contributed by atoms with Gasteiger partial charge in [-0.15, -0.1) is 0 Å². The largest absolute Gasteiger partial charge is 0.345 e. The lowest BCUT2D eigenvalue weighted by Gasteiger charge is -2.16. The van der Waals surface area contributed by atoms with Crippen LogP contribution in [0.1, 0.15) is 34.6 Å². The Balaban J connectivity index is 2.11. The van der Waals surface area contributed by atoms with Gasteiger partial charge in [0, 0.05) is 18.5 Å². The molecule has 2 aromatic rings. The molecule has 2 aromatic heterocycles.